The molecule has 1 amide bonds. The minimum absolute atomic E-state index is 0.129. The molecule has 5 nitrogen and oxygen atoms in total. The maximum Gasteiger partial charge on any atom is 0.419 e. The van der Waals surface area contributed by atoms with Gasteiger partial charge < -0.3 is 9.32 Å². The Morgan fingerprint density at radius 1 is 0.967 bits per heavy atom. The summed E-state index contributed by atoms with van der Waals surface area (Å²) in [6.45, 7) is 0.212. The summed E-state index contributed by atoms with van der Waals surface area (Å²) in [5.74, 6) is -0.944. The number of nitrogens with zero attached hydrogens (tertiary/aromatic N) is 2. The van der Waals surface area contributed by atoms with Crippen molar-refractivity contribution in [1.82, 2.24) is 9.47 Å². The number of aryl methyl sites for hydroxylation is 1. The Kier molecular flexibility index (Phi) is 5.48. The highest BCUT2D eigenvalue weighted by molar-refractivity contribution is 5.77. The molecule has 0 radical (unpaired) electrons. The fourth-order valence-corrected chi connectivity index (χ4v) is 3.67. The van der Waals surface area contributed by atoms with Crippen molar-refractivity contribution < 1.29 is 13.6 Å². The number of benzene rings is 3. The van der Waals surface area contributed by atoms with E-state index in [0.717, 1.165) is 11.1 Å². The normalized spacial score (nSPS) is 12.1. The third kappa shape index (κ3) is 3.89. The van der Waals surface area contributed by atoms with E-state index in [1.165, 1.54) is 16.7 Å². The van der Waals surface area contributed by atoms with Crippen molar-refractivity contribution in [3.63, 3.8) is 0 Å². The van der Waals surface area contributed by atoms with E-state index in [-0.39, 0.29) is 30.7 Å². The standard InChI is InChI=1S/C24H21FN2O3/c1-26(22(28)15-16-27-20-9-5-6-10-21(20)30-24(27)29)23(17-7-3-2-4-8-17)18-11-13-19(25)14-12-18/h2-14,23H,15-16H2,1H3. The van der Waals surface area contributed by atoms with Crippen molar-refractivity contribution >= 4 is 17.0 Å². The second kappa shape index (κ2) is 8.37. The molecule has 1 unspecified atom stereocenters. The smallest absolute Gasteiger partial charge is 0.408 e. The zero-order valence-corrected chi connectivity index (χ0v) is 16.5. The minimum atomic E-state index is -0.482. The van der Waals surface area contributed by atoms with Crippen molar-refractivity contribution in [3.8, 4) is 0 Å². The maximum absolute atomic E-state index is 13.4. The molecule has 1 heterocycles. The first-order chi connectivity index (χ1) is 14.5. The molecule has 30 heavy (non-hydrogen) atoms. The van der Waals surface area contributed by atoms with Gasteiger partial charge in [0, 0.05) is 20.0 Å². The number of hydrogen-bond acceptors (Lipinski definition) is 3. The summed E-state index contributed by atoms with van der Waals surface area (Å²) in [7, 11) is 1.72. The third-order valence-corrected chi connectivity index (χ3v) is 5.20. The van der Waals surface area contributed by atoms with Crippen LogP contribution in [-0.4, -0.2) is 22.4 Å². The molecule has 4 aromatic rings. The highest BCUT2D eigenvalue weighted by Gasteiger charge is 2.24. The van der Waals surface area contributed by atoms with E-state index in [1.54, 1.807) is 42.3 Å². The summed E-state index contributed by atoms with van der Waals surface area (Å²) >= 11 is 0. The van der Waals surface area contributed by atoms with Crippen LogP contribution in [0.4, 0.5) is 4.39 Å². The Morgan fingerprint density at radius 3 is 2.33 bits per heavy atom. The second-order valence-corrected chi connectivity index (χ2v) is 7.11. The summed E-state index contributed by atoms with van der Waals surface area (Å²) in [6, 6.07) is 22.5. The van der Waals surface area contributed by atoms with Crippen molar-refractivity contribution in [2.45, 2.75) is 19.0 Å². The van der Waals surface area contributed by atoms with Gasteiger partial charge in [-0.1, -0.05) is 54.6 Å². The Morgan fingerprint density at radius 2 is 1.60 bits per heavy atom. The lowest BCUT2D eigenvalue weighted by Gasteiger charge is -2.29. The van der Waals surface area contributed by atoms with Gasteiger partial charge in [0.05, 0.1) is 11.6 Å². The van der Waals surface area contributed by atoms with Gasteiger partial charge in [-0.25, -0.2) is 9.18 Å². The molecule has 0 aliphatic rings. The average Bonchev–Trinajstić information content (AvgIpc) is 3.09. The number of halogens is 1. The number of rotatable bonds is 6. The largest absolute Gasteiger partial charge is 0.419 e. The van der Waals surface area contributed by atoms with Crippen molar-refractivity contribution in [1.29, 1.82) is 0 Å². The van der Waals surface area contributed by atoms with Crippen LogP contribution in [0.15, 0.2) is 88.1 Å². The third-order valence-electron chi connectivity index (χ3n) is 5.20. The van der Waals surface area contributed by atoms with E-state index in [2.05, 4.69) is 0 Å². The van der Waals surface area contributed by atoms with E-state index >= 15 is 0 Å². The highest BCUT2D eigenvalue weighted by atomic mass is 19.1. The van der Waals surface area contributed by atoms with Crippen LogP contribution < -0.4 is 5.76 Å². The predicted molar refractivity (Wildman–Crippen MR) is 113 cm³/mol. The second-order valence-electron chi connectivity index (χ2n) is 7.11. The summed E-state index contributed by atoms with van der Waals surface area (Å²) in [5, 5.41) is 0. The molecular weight excluding hydrogens is 383 g/mol. The average molecular weight is 404 g/mol. The number of aromatic nitrogens is 1. The number of fused-ring (bicyclic) bond motifs is 1. The molecule has 1 atom stereocenters. The Hall–Kier alpha value is -3.67. The Labute approximate surface area is 173 Å². The zero-order valence-electron chi connectivity index (χ0n) is 16.5. The molecule has 6 heteroatoms. The van der Waals surface area contributed by atoms with Crippen LogP contribution in [0.2, 0.25) is 0 Å². The van der Waals surface area contributed by atoms with Crippen LogP contribution in [0, 0.1) is 5.82 Å². The Bertz CT molecular complexity index is 1210. The molecule has 0 fully saturated rings. The first kappa shape index (κ1) is 19.6. The van der Waals surface area contributed by atoms with Gasteiger partial charge in [0.25, 0.3) is 0 Å². The topological polar surface area (TPSA) is 55.5 Å². The molecule has 0 saturated carbocycles. The summed E-state index contributed by atoms with van der Waals surface area (Å²) < 4.78 is 20.1. The van der Waals surface area contributed by atoms with Gasteiger partial charge in [-0.3, -0.25) is 9.36 Å². The maximum atomic E-state index is 13.4. The fraction of sp³-hybridized carbons (Fsp3) is 0.167. The molecule has 0 saturated heterocycles. The summed E-state index contributed by atoms with van der Waals surface area (Å²) in [6.07, 6.45) is 0.129. The SMILES string of the molecule is CN(C(=O)CCn1c(=O)oc2ccccc21)C(c1ccccc1)c1ccc(F)cc1. The molecule has 0 N–H and O–H groups in total. The van der Waals surface area contributed by atoms with E-state index in [9.17, 15) is 14.0 Å². The molecule has 0 spiro atoms. The molecule has 4 rings (SSSR count). The van der Waals surface area contributed by atoms with Gasteiger partial charge in [0.1, 0.15) is 5.82 Å². The molecule has 0 aliphatic carbocycles. The van der Waals surface area contributed by atoms with Crippen LogP contribution in [0.3, 0.4) is 0 Å². The molecule has 152 valence electrons. The van der Waals surface area contributed by atoms with Crippen LogP contribution in [-0.2, 0) is 11.3 Å². The molecule has 0 aliphatic heterocycles. The van der Waals surface area contributed by atoms with Gasteiger partial charge in [-0.15, -0.1) is 0 Å². The minimum Gasteiger partial charge on any atom is -0.408 e. The van der Waals surface area contributed by atoms with Gasteiger partial charge in [-0.05, 0) is 35.4 Å². The first-order valence-corrected chi connectivity index (χ1v) is 9.69. The number of amides is 1. The van der Waals surface area contributed by atoms with Gasteiger partial charge in [0.2, 0.25) is 5.91 Å². The van der Waals surface area contributed by atoms with Crippen molar-refractivity contribution in [2.24, 2.45) is 0 Å². The monoisotopic (exact) mass is 404 g/mol. The van der Waals surface area contributed by atoms with Gasteiger partial charge >= 0.3 is 5.76 Å². The van der Waals surface area contributed by atoms with Crippen LogP contribution >= 0.6 is 0 Å². The van der Waals surface area contributed by atoms with E-state index < -0.39 is 5.76 Å². The lowest BCUT2D eigenvalue weighted by Crippen LogP contribution is -2.33. The number of para-hydroxylation sites is 2. The highest BCUT2D eigenvalue weighted by Crippen LogP contribution is 2.28. The lowest BCUT2D eigenvalue weighted by molar-refractivity contribution is -0.131. The summed E-state index contributed by atoms with van der Waals surface area (Å²) in [5.41, 5.74) is 2.89. The lowest BCUT2D eigenvalue weighted by atomic mass is 9.97. The number of carbonyl (C=O) groups excluding carboxylic acids is 1. The van der Waals surface area contributed by atoms with E-state index in [4.69, 9.17) is 4.42 Å². The fourth-order valence-electron chi connectivity index (χ4n) is 3.67. The molecule has 1 aromatic heterocycles. The van der Waals surface area contributed by atoms with Gasteiger partial charge in [-0.2, -0.15) is 0 Å². The zero-order chi connectivity index (χ0) is 21.1. The number of oxazole rings is 1. The number of hydrogen-bond donors (Lipinski definition) is 0. The van der Waals surface area contributed by atoms with Crippen molar-refractivity contribution in [3.05, 3.63) is 106 Å². The first-order valence-electron chi connectivity index (χ1n) is 9.69. The van der Waals surface area contributed by atoms with Crippen LogP contribution in [0.1, 0.15) is 23.6 Å². The number of carbonyl (C=O) groups is 1. The molecule has 3 aromatic carbocycles. The van der Waals surface area contributed by atoms with Crippen LogP contribution in [0.25, 0.3) is 11.1 Å². The van der Waals surface area contributed by atoms with Crippen LogP contribution in [0.5, 0.6) is 0 Å². The van der Waals surface area contributed by atoms with E-state index in [0.29, 0.717) is 11.1 Å². The Balaban J connectivity index is 1.58. The predicted octanol–water partition coefficient (Wildman–Crippen LogP) is 4.37. The van der Waals surface area contributed by atoms with Gasteiger partial charge in [0.15, 0.2) is 5.58 Å². The molecule has 0 bridgehead atoms. The summed E-state index contributed by atoms with van der Waals surface area (Å²) in [4.78, 5) is 26.8. The quantitative estimate of drug-likeness (QED) is 0.479. The van der Waals surface area contributed by atoms with E-state index in [1.807, 2.05) is 36.4 Å². The van der Waals surface area contributed by atoms with Crippen molar-refractivity contribution in [2.75, 3.05) is 7.05 Å². The molecular formula is C24H21FN2O3.